The zero-order valence-corrected chi connectivity index (χ0v) is 22.0. The molecule has 1 aromatic rings. The minimum Gasteiger partial charge on any atom is -0.493 e. The molecule has 1 amide bonds. The Kier molecular flexibility index (Phi) is 10.7. The van der Waals surface area contributed by atoms with E-state index in [-0.39, 0.29) is 23.8 Å². The third-order valence-electron chi connectivity index (χ3n) is 6.02. The lowest BCUT2D eigenvalue weighted by Crippen LogP contribution is -2.55. The van der Waals surface area contributed by atoms with Crippen molar-refractivity contribution in [2.45, 2.75) is 70.9 Å². The van der Waals surface area contributed by atoms with E-state index in [4.69, 9.17) is 9.47 Å². The van der Waals surface area contributed by atoms with E-state index >= 15 is 0 Å². The number of hydrogen-bond donors (Lipinski definition) is 2. The predicted octanol–water partition coefficient (Wildman–Crippen LogP) is 3.05. The Labute approximate surface area is 205 Å². The van der Waals surface area contributed by atoms with Gasteiger partial charge in [0.2, 0.25) is 5.91 Å². The second kappa shape index (κ2) is 13.0. The molecule has 1 aromatic carbocycles. The molecular formula is C25H39N3O5S. The zero-order valence-electron chi connectivity index (χ0n) is 21.2. The van der Waals surface area contributed by atoms with E-state index in [0.717, 1.165) is 42.0 Å². The standard InChI is InChI=1S/C25H39N3O5S/c1-7-8-11-16-33-22-15-14-19(17-23(22)32-6)20-12-9-10-13-21(20)26-25(29)24(18(2)3)27-34(30,31)28(4)5/h14-15,17-18,20-21,24,27H,7,9-10,12-13,16H2,1-6H3,(H,26,29)/t20-,21+,24+/m1/s1. The lowest BCUT2D eigenvalue weighted by molar-refractivity contribution is -0.124. The first-order valence-corrected chi connectivity index (χ1v) is 13.3. The molecule has 190 valence electrons. The van der Waals surface area contributed by atoms with Gasteiger partial charge in [-0.25, -0.2) is 0 Å². The van der Waals surface area contributed by atoms with Crippen LogP contribution in [0.2, 0.25) is 0 Å². The van der Waals surface area contributed by atoms with E-state index < -0.39 is 16.3 Å². The van der Waals surface area contributed by atoms with Crippen molar-refractivity contribution in [2.24, 2.45) is 5.92 Å². The van der Waals surface area contributed by atoms with Crippen molar-refractivity contribution in [1.82, 2.24) is 14.3 Å². The molecule has 0 spiro atoms. The van der Waals surface area contributed by atoms with Crippen LogP contribution in [0.5, 0.6) is 11.5 Å². The summed E-state index contributed by atoms with van der Waals surface area (Å²) in [5.41, 5.74) is 1.06. The molecule has 0 aromatic heterocycles. The second-order valence-corrected chi connectivity index (χ2v) is 11.0. The van der Waals surface area contributed by atoms with Crippen LogP contribution in [0.4, 0.5) is 0 Å². The lowest BCUT2D eigenvalue weighted by atomic mass is 9.79. The zero-order chi connectivity index (χ0) is 25.3. The number of nitrogens with one attached hydrogen (secondary N) is 2. The van der Waals surface area contributed by atoms with Crippen LogP contribution in [0.15, 0.2) is 18.2 Å². The number of methoxy groups -OCH3 is 1. The summed E-state index contributed by atoms with van der Waals surface area (Å²) in [6.45, 7) is 5.94. The first kappa shape index (κ1) is 28.0. The molecule has 0 heterocycles. The third kappa shape index (κ3) is 7.62. The van der Waals surface area contributed by atoms with Crippen molar-refractivity contribution in [3.8, 4) is 23.3 Å². The van der Waals surface area contributed by atoms with Crippen molar-refractivity contribution >= 4 is 16.1 Å². The Balaban J connectivity index is 2.20. The molecular weight excluding hydrogens is 454 g/mol. The minimum absolute atomic E-state index is 0.0961. The molecule has 0 unspecified atom stereocenters. The Morgan fingerprint density at radius 2 is 1.88 bits per heavy atom. The maximum Gasteiger partial charge on any atom is 0.279 e. The molecule has 34 heavy (non-hydrogen) atoms. The van der Waals surface area contributed by atoms with E-state index in [1.807, 2.05) is 39.0 Å². The van der Waals surface area contributed by atoms with Crippen LogP contribution in [0.25, 0.3) is 0 Å². The van der Waals surface area contributed by atoms with E-state index in [9.17, 15) is 13.2 Å². The van der Waals surface area contributed by atoms with Crippen molar-refractivity contribution in [1.29, 1.82) is 0 Å². The molecule has 1 saturated carbocycles. The monoisotopic (exact) mass is 493 g/mol. The van der Waals surface area contributed by atoms with E-state index in [1.54, 1.807) is 7.11 Å². The van der Waals surface area contributed by atoms with Gasteiger partial charge >= 0.3 is 0 Å². The normalized spacial score (nSPS) is 19.3. The van der Waals surface area contributed by atoms with Gasteiger partial charge in [-0.15, -0.1) is 5.92 Å². The molecule has 9 heteroatoms. The molecule has 0 saturated heterocycles. The van der Waals surface area contributed by atoms with Gasteiger partial charge in [-0.05, 0) is 36.5 Å². The number of hydrogen-bond acceptors (Lipinski definition) is 5. The van der Waals surface area contributed by atoms with Gasteiger partial charge in [-0.2, -0.15) is 17.4 Å². The smallest absolute Gasteiger partial charge is 0.279 e. The first-order chi connectivity index (χ1) is 16.1. The highest BCUT2D eigenvalue weighted by Crippen LogP contribution is 2.37. The summed E-state index contributed by atoms with van der Waals surface area (Å²) < 4.78 is 39.6. The molecule has 2 rings (SSSR count). The fourth-order valence-corrected chi connectivity index (χ4v) is 4.97. The SMILES string of the molecule is CCC#CCOc1ccc([C@H]2CCCC[C@@H]2NC(=O)[C@@H](NS(=O)(=O)N(C)C)C(C)C)cc1OC. The number of benzene rings is 1. The van der Waals surface area contributed by atoms with Gasteiger partial charge in [0, 0.05) is 32.5 Å². The number of carbonyl (C=O) groups is 1. The minimum atomic E-state index is -3.74. The molecule has 2 N–H and O–H groups in total. The predicted molar refractivity (Wildman–Crippen MR) is 134 cm³/mol. The summed E-state index contributed by atoms with van der Waals surface area (Å²) in [5, 5.41) is 3.14. The quantitative estimate of drug-likeness (QED) is 0.489. The number of ether oxygens (including phenoxy) is 2. The van der Waals surface area contributed by atoms with Crippen LogP contribution < -0.4 is 19.5 Å². The Morgan fingerprint density at radius 1 is 1.18 bits per heavy atom. The van der Waals surface area contributed by atoms with Crippen LogP contribution >= 0.6 is 0 Å². The fraction of sp³-hybridized carbons (Fsp3) is 0.640. The van der Waals surface area contributed by atoms with Crippen molar-refractivity contribution in [3.63, 3.8) is 0 Å². The van der Waals surface area contributed by atoms with Crippen LogP contribution in [0, 0.1) is 17.8 Å². The number of amides is 1. The third-order valence-corrected chi connectivity index (χ3v) is 7.53. The maximum atomic E-state index is 13.2. The average molecular weight is 494 g/mol. The average Bonchev–Trinajstić information content (AvgIpc) is 2.80. The largest absolute Gasteiger partial charge is 0.493 e. The highest BCUT2D eigenvalue weighted by atomic mass is 32.2. The van der Waals surface area contributed by atoms with Gasteiger partial charge in [0.15, 0.2) is 11.5 Å². The van der Waals surface area contributed by atoms with Gasteiger partial charge in [0.05, 0.1) is 7.11 Å². The first-order valence-electron chi connectivity index (χ1n) is 11.9. The van der Waals surface area contributed by atoms with Crippen LogP contribution in [0.1, 0.15) is 64.4 Å². The van der Waals surface area contributed by atoms with Gasteiger partial charge < -0.3 is 14.8 Å². The number of carbonyl (C=O) groups excluding carboxylic acids is 1. The topological polar surface area (TPSA) is 97.0 Å². The molecule has 0 bridgehead atoms. The summed E-state index contributed by atoms with van der Waals surface area (Å²) in [4.78, 5) is 13.2. The summed E-state index contributed by atoms with van der Waals surface area (Å²) in [6.07, 6.45) is 4.60. The van der Waals surface area contributed by atoms with Crippen molar-refractivity contribution < 1.29 is 22.7 Å². The lowest BCUT2D eigenvalue weighted by Gasteiger charge is -2.34. The van der Waals surface area contributed by atoms with Crippen LogP contribution in [-0.4, -0.2) is 58.5 Å². The van der Waals surface area contributed by atoms with Gasteiger partial charge in [-0.3, -0.25) is 4.79 Å². The molecule has 1 aliphatic rings. The summed E-state index contributed by atoms with van der Waals surface area (Å²) in [6, 6.07) is 4.90. The number of nitrogens with zero attached hydrogens (tertiary/aromatic N) is 1. The van der Waals surface area contributed by atoms with E-state index in [0.29, 0.717) is 18.1 Å². The van der Waals surface area contributed by atoms with E-state index in [1.165, 1.54) is 14.1 Å². The summed E-state index contributed by atoms with van der Waals surface area (Å²) in [7, 11) is 0.741. The molecule has 0 aliphatic heterocycles. The fourth-order valence-electron chi connectivity index (χ4n) is 4.06. The molecule has 0 radical (unpaired) electrons. The highest BCUT2D eigenvalue weighted by molar-refractivity contribution is 7.87. The molecule has 3 atom stereocenters. The van der Waals surface area contributed by atoms with Crippen LogP contribution in [-0.2, 0) is 15.0 Å². The van der Waals surface area contributed by atoms with Gasteiger partial charge in [-0.1, -0.05) is 45.6 Å². The Hall–Kier alpha value is -2.28. The number of rotatable bonds is 10. The summed E-state index contributed by atoms with van der Waals surface area (Å²) in [5.74, 6) is 6.78. The summed E-state index contributed by atoms with van der Waals surface area (Å²) >= 11 is 0. The Morgan fingerprint density at radius 3 is 2.50 bits per heavy atom. The van der Waals surface area contributed by atoms with Crippen molar-refractivity contribution in [3.05, 3.63) is 23.8 Å². The molecule has 1 fully saturated rings. The van der Waals surface area contributed by atoms with Gasteiger partial charge in [0.1, 0.15) is 12.6 Å². The molecule has 1 aliphatic carbocycles. The molecule has 8 nitrogen and oxygen atoms in total. The van der Waals surface area contributed by atoms with Crippen LogP contribution in [0.3, 0.4) is 0 Å². The Bertz CT molecular complexity index is 982. The second-order valence-electron chi connectivity index (χ2n) is 9.04. The van der Waals surface area contributed by atoms with E-state index in [2.05, 4.69) is 21.9 Å². The van der Waals surface area contributed by atoms with Gasteiger partial charge in [0.25, 0.3) is 10.2 Å². The highest BCUT2D eigenvalue weighted by Gasteiger charge is 2.33. The maximum absolute atomic E-state index is 13.2. The van der Waals surface area contributed by atoms with Crippen molar-refractivity contribution in [2.75, 3.05) is 27.8 Å².